The van der Waals surface area contributed by atoms with Crippen LogP contribution >= 0.6 is 23.2 Å². The molecule has 1 fully saturated rings. The number of nitrogens with zero attached hydrogens (tertiary/aromatic N) is 1. The predicted octanol–water partition coefficient (Wildman–Crippen LogP) is 4.06. The van der Waals surface area contributed by atoms with Gasteiger partial charge in [0.1, 0.15) is 5.82 Å². The van der Waals surface area contributed by atoms with Crippen LogP contribution in [0.15, 0.2) is 42.5 Å². The zero-order chi connectivity index (χ0) is 18.0. The predicted molar refractivity (Wildman–Crippen MR) is 95.8 cm³/mol. The fraction of sp³-hybridized carbons (Fsp3) is 0.176. The summed E-state index contributed by atoms with van der Waals surface area (Å²) in [6.07, 6.45) is 0.132. The highest BCUT2D eigenvalue weighted by atomic mass is 35.5. The van der Waals surface area contributed by atoms with E-state index in [9.17, 15) is 14.0 Å². The number of hydrogen-bond acceptors (Lipinski definition) is 2. The number of carbonyl (C=O) groups is 2. The molecule has 2 aromatic carbocycles. The number of amides is 3. The van der Waals surface area contributed by atoms with E-state index in [1.165, 1.54) is 23.1 Å². The molecule has 25 heavy (non-hydrogen) atoms. The van der Waals surface area contributed by atoms with E-state index in [-0.39, 0.29) is 23.9 Å². The van der Waals surface area contributed by atoms with Gasteiger partial charge in [-0.3, -0.25) is 4.79 Å². The number of hydrogen-bond donors (Lipinski definition) is 2. The van der Waals surface area contributed by atoms with Crippen LogP contribution in [0.5, 0.6) is 0 Å². The normalized spacial score (nSPS) is 16.8. The van der Waals surface area contributed by atoms with Gasteiger partial charge in [0.05, 0.1) is 21.8 Å². The molecule has 0 bridgehead atoms. The first kappa shape index (κ1) is 17.5. The summed E-state index contributed by atoms with van der Waals surface area (Å²) in [4.78, 5) is 25.7. The van der Waals surface area contributed by atoms with E-state index in [0.717, 1.165) is 0 Å². The van der Waals surface area contributed by atoms with Crippen molar-refractivity contribution in [3.63, 3.8) is 0 Å². The highest BCUT2D eigenvalue weighted by Gasteiger charge is 2.31. The Balaban J connectivity index is 1.63. The lowest BCUT2D eigenvalue weighted by Gasteiger charge is -2.17. The first-order valence-electron chi connectivity index (χ1n) is 7.51. The molecule has 2 aromatic rings. The summed E-state index contributed by atoms with van der Waals surface area (Å²) in [6.45, 7) is 0.263. The molecule has 0 saturated carbocycles. The second kappa shape index (κ2) is 7.29. The van der Waals surface area contributed by atoms with Crippen molar-refractivity contribution < 1.29 is 14.0 Å². The van der Waals surface area contributed by atoms with E-state index >= 15 is 0 Å². The minimum atomic E-state index is -0.497. The average Bonchev–Trinajstić information content (AvgIpc) is 2.92. The third-order valence-corrected chi connectivity index (χ3v) is 4.60. The third kappa shape index (κ3) is 4.03. The highest BCUT2D eigenvalue weighted by Crippen LogP contribution is 2.29. The Kier molecular flexibility index (Phi) is 5.11. The summed E-state index contributed by atoms with van der Waals surface area (Å²) >= 11 is 11.9. The van der Waals surface area contributed by atoms with Gasteiger partial charge in [0, 0.05) is 18.7 Å². The molecular weight excluding hydrogens is 368 g/mol. The Morgan fingerprint density at radius 3 is 2.72 bits per heavy atom. The first-order chi connectivity index (χ1) is 11.9. The minimum Gasteiger partial charge on any atom is -0.333 e. The number of benzene rings is 2. The molecule has 1 saturated heterocycles. The summed E-state index contributed by atoms with van der Waals surface area (Å²) in [5.74, 6) is -0.605. The van der Waals surface area contributed by atoms with Crippen LogP contribution in [0.25, 0.3) is 0 Å². The van der Waals surface area contributed by atoms with Gasteiger partial charge in [0.15, 0.2) is 0 Å². The van der Waals surface area contributed by atoms with Crippen LogP contribution in [0.4, 0.5) is 20.6 Å². The third-order valence-electron chi connectivity index (χ3n) is 3.78. The maximum atomic E-state index is 13.3. The molecule has 3 rings (SSSR count). The Bertz CT molecular complexity index is 831. The molecule has 0 aliphatic carbocycles. The molecule has 130 valence electrons. The molecule has 1 heterocycles. The first-order valence-corrected chi connectivity index (χ1v) is 8.27. The molecule has 1 aliphatic heterocycles. The molecule has 0 aromatic heterocycles. The van der Waals surface area contributed by atoms with Gasteiger partial charge in [-0.05, 0) is 30.3 Å². The molecular formula is C17H14Cl2FN3O2. The van der Waals surface area contributed by atoms with Gasteiger partial charge in [-0.2, -0.15) is 0 Å². The summed E-state index contributed by atoms with van der Waals surface area (Å²) in [7, 11) is 0. The summed E-state index contributed by atoms with van der Waals surface area (Å²) in [6, 6.07) is 9.77. The number of nitrogens with one attached hydrogen (secondary N) is 2. The van der Waals surface area contributed by atoms with Crippen LogP contribution < -0.4 is 15.5 Å². The van der Waals surface area contributed by atoms with E-state index in [4.69, 9.17) is 23.2 Å². The summed E-state index contributed by atoms with van der Waals surface area (Å²) < 4.78 is 13.3. The molecule has 5 nitrogen and oxygen atoms in total. The van der Waals surface area contributed by atoms with Crippen molar-refractivity contribution in [3.05, 3.63) is 58.3 Å². The average molecular weight is 382 g/mol. The minimum absolute atomic E-state index is 0.132. The lowest BCUT2D eigenvalue weighted by Crippen LogP contribution is -2.39. The summed E-state index contributed by atoms with van der Waals surface area (Å²) in [5.41, 5.74) is 0.838. The van der Waals surface area contributed by atoms with Gasteiger partial charge >= 0.3 is 6.03 Å². The quantitative estimate of drug-likeness (QED) is 0.841. The maximum absolute atomic E-state index is 13.3. The van der Waals surface area contributed by atoms with Gasteiger partial charge < -0.3 is 15.5 Å². The number of halogens is 3. The largest absolute Gasteiger partial charge is 0.333 e. The molecule has 8 heteroatoms. The molecule has 0 spiro atoms. The standard InChI is InChI=1S/C17H14Cl2FN3O2/c18-13-5-2-6-14(16(13)19)22-17(25)21-11-8-15(24)23(9-11)12-4-1-3-10(20)7-12/h1-7,11H,8-9H2,(H2,21,22,25). The molecule has 1 aliphatic rings. The Labute approximate surface area is 153 Å². The molecule has 0 radical (unpaired) electrons. The molecule has 1 atom stereocenters. The summed E-state index contributed by atoms with van der Waals surface area (Å²) in [5, 5.41) is 5.88. The van der Waals surface area contributed by atoms with Crippen molar-refractivity contribution in [2.75, 3.05) is 16.8 Å². The van der Waals surface area contributed by atoms with Gasteiger partial charge in [-0.1, -0.05) is 35.3 Å². The second-order valence-corrected chi connectivity index (χ2v) is 6.37. The van der Waals surface area contributed by atoms with Crippen molar-refractivity contribution in [3.8, 4) is 0 Å². The van der Waals surface area contributed by atoms with Crippen molar-refractivity contribution in [2.45, 2.75) is 12.5 Å². The van der Waals surface area contributed by atoms with Crippen molar-refractivity contribution in [2.24, 2.45) is 0 Å². The zero-order valence-corrected chi connectivity index (χ0v) is 14.4. The van der Waals surface area contributed by atoms with Gasteiger partial charge in [0.2, 0.25) is 5.91 Å². The zero-order valence-electron chi connectivity index (χ0n) is 12.9. The Morgan fingerprint density at radius 1 is 1.20 bits per heavy atom. The topological polar surface area (TPSA) is 61.4 Å². The lowest BCUT2D eigenvalue weighted by molar-refractivity contribution is -0.117. The van der Waals surface area contributed by atoms with Crippen LogP contribution in [-0.4, -0.2) is 24.5 Å². The van der Waals surface area contributed by atoms with E-state index in [1.807, 2.05) is 0 Å². The van der Waals surface area contributed by atoms with Crippen LogP contribution in [0.1, 0.15) is 6.42 Å². The van der Waals surface area contributed by atoms with Crippen LogP contribution in [0.2, 0.25) is 10.0 Å². The number of urea groups is 1. The van der Waals surface area contributed by atoms with Crippen LogP contribution in [-0.2, 0) is 4.79 Å². The molecule has 3 amide bonds. The monoisotopic (exact) mass is 381 g/mol. The number of carbonyl (C=O) groups excluding carboxylic acids is 2. The number of rotatable bonds is 3. The van der Waals surface area contributed by atoms with E-state index < -0.39 is 17.9 Å². The van der Waals surface area contributed by atoms with Gasteiger partial charge in [-0.25, -0.2) is 9.18 Å². The lowest BCUT2D eigenvalue weighted by atomic mass is 10.2. The fourth-order valence-corrected chi connectivity index (χ4v) is 2.99. The van der Waals surface area contributed by atoms with Gasteiger partial charge in [0.25, 0.3) is 0 Å². The Morgan fingerprint density at radius 2 is 1.96 bits per heavy atom. The molecule has 2 N–H and O–H groups in total. The SMILES string of the molecule is O=C(Nc1cccc(Cl)c1Cl)NC1CC(=O)N(c2cccc(F)c2)C1. The van der Waals surface area contributed by atoms with Crippen LogP contribution in [0, 0.1) is 5.82 Å². The van der Waals surface area contributed by atoms with Crippen molar-refractivity contribution >= 4 is 46.5 Å². The van der Waals surface area contributed by atoms with E-state index in [2.05, 4.69) is 10.6 Å². The smallest absolute Gasteiger partial charge is 0.319 e. The fourth-order valence-electron chi connectivity index (χ4n) is 2.64. The van der Waals surface area contributed by atoms with Gasteiger partial charge in [-0.15, -0.1) is 0 Å². The second-order valence-electron chi connectivity index (χ2n) is 5.59. The van der Waals surface area contributed by atoms with E-state index in [1.54, 1.807) is 24.3 Å². The molecule has 1 unspecified atom stereocenters. The maximum Gasteiger partial charge on any atom is 0.319 e. The van der Waals surface area contributed by atoms with E-state index in [0.29, 0.717) is 16.4 Å². The van der Waals surface area contributed by atoms with Crippen LogP contribution in [0.3, 0.4) is 0 Å². The Hall–Kier alpha value is -2.31. The highest BCUT2D eigenvalue weighted by molar-refractivity contribution is 6.43. The number of anilines is 2. The van der Waals surface area contributed by atoms with Crippen molar-refractivity contribution in [1.29, 1.82) is 0 Å². The van der Waals surface area contributed by atoms with Crippen molar-refractivity contribution in [1.82, 2.24) is 5.32 Å².